The van der Waals surface area contributed by atoms with E-state index in [9.17, 15) is 14.7 Å². The lowest BCUT2D eigenvalue weighted by Gasteiger charge is -2.46. The van der Waals surface area contributed by atoms with Gasteiger partial charge in [-0.25, -0.2) is 4.79 Å². The second kappa shape index (κ2) is 8.26. The van der Waals surface area contributed by atoms with Crippen molar-refractivity contribution in [1.29, 1.82) is 0 Å². The quantitative estimate of drug-likeness (QED) is 0.682. The van der Waals surface area contributed by atoms with E-state index < -0.39 is 6.09 Å². The molecule has 3 atom stereocenters. The summed E-state index contributed by atoms with van der Waals surface area (Å²) in [6.45, 7) is 5.81. The average molecular weight is 458 g/mol. The zero-order valence-corrected chi connectivity index (χ0v) is 20.0. The molecule has 5 aliphatic heterocycles. The number of fused-ring (bicyclic) bond motifs is 3. The van der Waals surface area contributed by atoms with Gasteiger partial charge < -0.3 is 24.5 Å². The van der Waals surface area contributed by atoms with Crippen molar-refractivity contribution in [2.24, 2.45) is 11.3 Å². The lowest BCUT2D eigenvalue weighted by molar-refractivity contribution is -0.142. The number of ether oxygens (including phenoxy) is 1. The minimum Gasteiger partial charge on any atom is -0.465 e. The molecule has 3 unspecified atom stereocenters. The normalized spacial score (nSPS) is 37.2. The fourth-order valence-electron chi connectivity index (χ4n) is 8.22. The Hall–Kier alpha value is -1.60. The molecule has 33 heavy (non-hydrogen) atoms. The van der Waals surface area contributed by atoms with Crippen molar-refractivity contribution in [1.82, 2.24) is 14.7 Å². The molecule has 0 radical (unpaired) electrons. The molecule has 1 aliphatic carbocycles. The maximum atomic E-state index is 14.0. The van der Waals surface area contributed by atoms with E-state index in [0.717, 1.165) is 77.3 Å². The maximum Gasteiger partial charge on any atom is 0.407 e. The van der Waals surface area contributed by atoms with Crippen LogP contribution in [0, 0.1) is 11.3 Å². The molecule has 2 amide bonds. The largest absolute Gasteiger partial charge is 0.465 e. The fraction of sp³-hybridized carbons (Fsp3) is 0.846. The molecule has 1 spiro atoms. The number of hydrogen-bond donors (Lipinski definition) is 1. The number of nitrogens with zero attached hydrogens (tertiary/aromatic N) is 3. The van der Waals surface area contributed by atoms with Crippen LogP contribution in [0.25, 0.3) is 0 Å². The number of amides is 2. The Bertz CT molecular complexity index is 828. The molecule has 5 heterocycles. The molecular formula is C26H39N3O4. The van der Waals surface area contributed by atoms with Gasteiger partial charge in [0.05, 0.1) is 5.41 Å². The molecule has 6 aliphatic rings. The van der Waals surface area contributed by atoms with Crippen LogP contribution < -0.4 is 0 Å². The molecule has 0 aromatic carbocycles. The van der Waals surface area contributed by atoms with Gasteiger partial charge >= 0.3 is 6.09 Å². The smallest absolute Gasteiger partial charge is 0.407 e. The van der Waals surface area contributed by atoms with Crippen LogP contribution in [-0.4, -0.2) is 82.3 Å². The number of allylic oxidation sites excluding steroid dienone is 1. The van der Waals surface area contributed by atoms with Gasteiger partial charge in [-0.3, -0.25) is 4.79 Å². The minimum absolute atomic E-state index is 0.203. The van der Waals surface area contributed by atoms with E-state index in [4.69, 9.17) is 4.74 Å². The highest BCUT2D eigenvalue weighted by molar-refractivity contribution is 5.91. The first-order valence-corrected chi connectivity index (χ1v) is 13.4. The molecule has 7 heteroatoms. The number of likely N-dealkylation sites (tertiary alicyclic amines) is 1. The summed E-state index contributed by atoms with van der Waals surface area (Å²) in [6.07, 6.45) is 10.4. The molecular weight excluding hydrogens is 418 g/mol. The molecule has 0 aromatic rings. The van der Waals surface area contributed by atoms with Crippen molar-refractivity contribution in [3.8, 4) is 0 Å². The summed E-state index contributed by atoms with van der Waals surface area (Å²) in [5.74, 6) is 1.04. The molecule has 6 rings (SSSR count). The maximum absolute atomic E-state index is 14.0. The first-order chi connectivity index (χ1) is 16.0. The molecule has 0 saturated carbocycles. The third-order valence-electron chi connectivity index (χ3n) is 9.93. The van der Waals surface area contributed by atoms with E-state index in [1.807, 2.05) is 0 Å². The van der Waals surface area contributed by atoms with Crippen LogP contribution in [0.1, 0.15) is 77.6 Å². The van der Waals surface area contributed by atoms with Crippen LogP contribution in [0.4, 0.5) is 4.79 Å². The molecule has 0 aromatic heterocycles. The Morgan fingerprint density at radius 2 is 1.64 bits per heavy atom. The number of piperidine rings is 2. The van der Waals surface area contributed by atoms with Crippen molar-refractivity contribution >= 4 is 12.0 Å². The minimum atomic E-state index is -0.736. The van der Waals surface area contributed by atoms with Gasteiger partial charge in [-0.2, -0.15) is 0 Å². The molecule has 182 valence electrons. The van der Waals surface area contributed by atoms with Crippen molar-refractivity contribution in [3.63, 3.8) is 0 Å². The number of carbonyl (C=O) groups excluding carboxylic acids is 1. The van der Waals surface area contributed by atoms with E-state index in [1.165, 1.54) is 17.7 Å². The summed E-state index contributed by atoms with van der Waals surface area (Å²) in [5, 5.41) is 9.58. The van der Waals surface area contributed by atoms with Gasteiger partial charge in [0.15, 0.2) is 0 Å². The Morgan fingerprint density at radius 1 is 0.970 bits per heavy atom. The molecule has 7 nitrogen and oxygen atoms in total. The summed E-state index contributed by atoms with van der Waals surface area (Å²) in [6, 6.07) is 1.23. The summed E-state index contributed by atoms with van der Waals surface area (Å²) in [4.78, 5) is 32.3. The lowest BCUT2D eigenvalue weighted by atomic mass is 9.70. The third kappa shape index (κ3) is 3.44. The van der Waals surface area contributed by atoms with Crippen molar-refractivity contribution in [2.45, 2.75) is 102 Å². The summed E-state index contributed by atoms with van der Waals surface area (Å²) in [5.41, 5.74) is 2.58. The lowest BCUT2D eigenvalue weighted by Crippen LogP contribution is -2.55. The van der Waals surface area contributed by atoms with Gasteiger partial charge in [-0.15, -0.1) is 0 Å². The predicted molar refractivity (Wildman–Crippen MR) is 124 cm³/mol. The van der Waals surface area contributed by atoms with Gasteiger partial charge in [0.2, 0.25) is 5.91 Å². The highest BCUT2D eigenvalue weighted by Gasteiger charge is 2.55. The number of hydrogen-bond acceptors (Lipinski definition) is 4. The van der Waals surface area contributed by atoms with Crippen LogP contribution in [0.5, 0.6) is 0 Å². The van der Waals surface area contributed by atoms with Gasteiger partial charge in [0.25, 0.3) is 0 Å². The Kier molecular flexibility index (Phi) is 5.48. The molecule has 4 fully saturated rings. The summed E-state index contributed by atoms with van der Waals surface area (Å²) < 4.78 is 5.67. The first-order valence-electron chi connectivity index (χ1n) is 13.4. The Labute approximate surface area is 197 Å². The number of rotatable bonds is 2. The Morgan fingerprint density at radius 3 is 2.27 bits per heavy atom. The van der Waals surface area contributed by atoms with Crippen molar-refractivity contribution < 1.29 is 19.4 Å². The van der Waals surface area contributed by atoms with E-state index in [-0.39, 0.29) is 17.5 Å². The monoisotopic (exact) mass is 457 g/mol. The van der Waals surface area contributed by atoms with Gasteiger partial charge in [-0.1, -0.05) is 6.92 Å². The van der Waals surface area contributed by atoms with Crippen LogP contribution in [0.3, 0.4) is 0 Å². The van der Waals surface area contributed by atoms with Crippen LogP contribution in [0.2, 0.25) is 0 Å². The van der Waals surface area contributed by atoms with Gasteiger partial charge in [0.1, 0.15) is 0 Å². The number of carbonyl (C=O) groups is 2. The SMILES string of the molecule is CC1CCC2=C(C1)N(C1CCN(C3CC4CCC(C3)N4C(=O)O)CC1)C(=O)C21CCOCC1. The topological polar surface area (TPSA) is 73.3 Å². The van der Waals surface area contributed by atoms with Crippen LogP contribution in [-0.2, 0) is 9.53 Å². The van der Waals surface area contributed by atoms with E-state index in [0.29, 0.717) is 37.1 Å². The zero-order valence-electron chi connectivity index (χ0n) is 20.0. The average Bonchev–Trinajstić information content (AvgIpc) is 3.22. The highest BCUT2D eigenvalue weighted by atomic mass is 16.5. The second-order valence-corrected chi connectivity index (χ2v) is 11.6. The van der Waals surface area contributed by atoms with E-state index in [1.54, 1.807) is 4.90 Å². The zero-order chi connectivity index (χ0) is 22.7. The summed E-state index contributed by atoms with van der Waals surface area (Å²) in [7, 11) is 0. The van der Waals surface area contributed by atoms with Crippen molar-refractivity contribution in [2.75, 3.05) is 26.3 Å². The third-order valence-corrected chi connectivity index (χ3v) is 9.93. The van der Waals surface area contributed by atoms with Crippen molar-refractivity contribution in [3.05, 3.63) is 11.3 Å². The molecule has 4 saturated heterocycles. The Balaban J connectivity index is 1.16. The number of carboxylic acid groups (broad SMARTS) is 1. The van der Waals surface area contributed by atoms with E-state index >= 15 is 0 Å². The second-order valence-electron chi connectivity index (χ2n) is 11.6. The molecule has 2 bridgehead atoms. The summed E-state index contributed by atoms with van der Waals surface area (Å²) >= 11 is 0. The van der Waals surface area contributed by atoms with Gasteiger partial charge in [0, 0.05) is 56.2 Å². The standard InChI is InChI=1S/C26H39N3O4/c1-17-2-5-22-23(14-17)29(24(30)26(22)8-12-33-13-9-26)18-6-10-27(11-7-18)21-15-19-3-4-20(16-21)28(19)25(31)32/h17-21H,2-16H2,1H3,(H,31,32). The highest BCUT2D eigenvalue weighted by Crippen LogP contribution is 2.54. The first kappa shape index (κ1) is 21.9. The fourth-order valence-corrected chi connectivity index (χ4v) is 8.22. The molecule has 1 N–H and O–H groups in total. The van der Waals surface area contributed by atoms with E-state index in [2.05, 4.69) is 16.7 Å². The van der Waals surface area contributed by atoms with Gasteiger partial charge in [-0.05, 0) is 82.1 Å². The van der Waals surface area contributed by atoms with Crippen LogP contribution in [0.15, 0.2) is 11.3 Å². The van der Waals surface area contributed by atoms with Crippen LogP contribution >= 0.6 is 0 Å². The predicted octanol–water partition coefficient (Wildman–Crippen LogP) is 3.84.